The third kappa shape index (κ3) is 3.81. The molecule has 154 valence electrons. The molecule has 0 aliphatic rings. The summed E-state index contributed by atoms with van der Waals surface area (Å²) in [5.74, 6) is 0.760. The minimum atomic E-state index is -3.35. The van der Waals surface area contributed by atoms with Gasteiger partial charge in [-0.25, -0.2) is 17.8 Å². The lowest BCUT2D eigenvalue weighted by Crippen LogP contribution is -2.13. The molecule has 0 spiro atoms. The molecular weight excluding hydrogens is 407 g/mol. The summed E-state index contributed by atoms with van der Waals surface area (Å²) in [6, 6.07) is 11.3. The highest BCUT2D eigenvalue weighted by Crippen LogP contribution is 2.30. The molecule has 0 bridgehead atoms. The normalized spacial score (nSPS) is 11.6. The van der Waals surface area contributed by atoms with Gasteiger partial charge < -0.3 is 10.2 Å². The summed E-state index contributed by atoms with van der Waals surface area (Å²) in [6.07, 6.45) is 2.71. The maximum atomic E-state index is 14.3. The molecular formula is C20H19FN6O2S. The maximum absolute atomic E-state index is 14.3. The van der Waals surface area contributed by atoms with Crippen LogP contribution in [-0.2, 0) is 9.84 Å². The van der Waals surface area contributed by atoms with E-state index in [4.69, 9.17) is 0 Å². The van der Waals surface area contributed by atoms with Gasteiger partial charge in [0.05, 0.1) is 15.8 Å². The molecule has 30 heavy (non-hydrogen) atoms. The smallest absolute Gasteiger partial charge is 0.229 e. The van der Waals surface area contributed by atoms with Crippen LogP contribution in [0.25, 0.3) is 10.9 Å². The van der Waals surface area contributed by atoms with Crippen LogP contribution in [0.4, 0.5) is 27.7 Å². The van der Waals surface area contributed by atoms with Crippen molar-refractivity contribution in [2.45, 2.75) is 11.8 Å². The Bertz CT molecular complexity index is 1350. The lowest BCUT2D eigenvalue weighted by Gasteiger charge is -2.17. The van der Waals surface area contributed by atoms with Crippen molar-refractivity contribution in [2.24, 2.45) is 0 Å². The quantitative estimate of drug-likeness (QED) is 0.501. The predicted octanol–water partition coefficient (Wildman–Crippen LogP) is 3.72. The van der Waals surface area contributed by atoms with Crippen LogP contribution < -0.4 is 10.2 Å². The van der Waals surface area contributed by atoms with Crippen molar-refractivity contribution in [3.8, 4) is 0 Å². The lowest BCUT2D eigenvalue weighted by atomic mass is 10.2. The van der Waals surface area contributed by atoms with Gasteiger partial charge in [-0.1, -0.05) is 6.07 Å². The number of hydrogen-bond acceptors (Lipinski definition) is 7. The molecule has 10 heteroatoms. The molecule has 0 unspecified atom stereocenters. The fourth-order valence-electron chi connectivity index (χ4n) is 3.12. The Kier molecular flexibility index (Phi) is 4.86. The van der Waals surface area contributed by atoms with E-state index < -0.39 is 9.84 Å². The molecule has 2 heterocycles. The lowest BCUT2D eigenvalue weighted by molar-refractivity contribution is 0.602. The number of hydrogen-bond donors (Lipinski definition) is 2. The number of anilines is 4. The molecule has 0 radical (unpaired) electrons. The average molecular weight is 426 g/mol. The van der Waals surface area contributed by atoms with E-state index in [1.165, 1.54) is 12.1 Å². The summed E-state index contributed by atoms with van der Waals surface area (Å²) < 4.78 is 38.1. The first-order chi connectivity index (χ1) is 14.2. The van der Waals surface area contributed by atoms with Crippen molar-refractivity contribution in [2.75, 3.05) is 23.5 Å². The third-order valence-electron chi connectivity index (χ3n) is 4.56. The number of nitrogens with one attached hydrogen (secondary N) is 2. The number of rotatable bonds is 5. The first kappa shape index (κ1) is 19.8. The number of nitrogens with zero attached hydrogens (tertiary/aromatic N) is 4. The van der Waals surface area contributed by atoms with E-state index in [0.717, 1.165) is 11.8 Å². The van der Waals surface area contributed by atoms with E-state index in [-0.39, 0.29) is 16.7 Å². The van der Waals surface area contributed by atoms with Crippen LogP contribution >= 0.6 is 0 Å². The zero-order valence-corrected chi connectivity index (χ0v) is 17.3. The van der Waals surface area contributed by atoms with Crippen molar-refractivity contribution in [3.05, 3.63) is 60.0 Å². The van der Waals surface area contributed by atoms with Crippen molar-refractivity contribution in [1.82, 2.24) is 20.2 Å². The van der Waals surface area contributed by atoms with E-state index in [0.29, 0.717) is 28.2 Å². The molecule has 4 rings (SSSR count). The number of H-pyrrole nitrogens is 1. The van der Waals surface area contributed by atoms with Crippen LogP contribution in [0.2, 0.25) is 0 Å². The van der Waals surface area contributed by atoms with Gasteiger partial charge >= 0.3 is 0 Å². The molecule has 4 aromatic rings. The highest BCUT2D eigenvalue weighted by molar-refractivity contribution is 7.90. The van der Waals surface area contributed by atoms with Crippen molar-refractivity contribution in [1.29, 1.82) is 0 Å². The highest BCUT2D eigenvalue weighted by atomic mass is 32.2. The molecule has 2 N–H and O–H groups in total. The van der Waals surface area contributed by atoms with Crippen LogP contribution in [-0.4, -0.2) is 41.9 Å². The fraction of sp³-hybridized carbons (Fsp3) is 0.150. The van der Waals surface area contributed by atoms with Crippen LogP contribution in [0.5, 0.6) is 0 Å². The van der Waals surface area contributed by atoms with Gasteiger partial charge in [0.25, 0.3) is 0 Å². The summed E-state index contributed by atoms with van der Waals surface area (Å²) >= 11 is 0. The SMILES string of the molecule is Cc1cc(Nc2nccc(N(C)c3n[nH]c4cccc(F)c34)n2)cc(S(C)(=O)=O)c1. The minimum absolute atomic E-state index is 0.205. The summed E-state index contributed by atoms with van der Waals surface area (Å²) in [5.41, 5.74) is 1.91. The van der Waals surface area contributed by atoms with Crippen LogP contribution in [0.15, 0.2) is 53.6 Å². The van der Waals surface area contributed by atoms with E-state index in [1.807, 2.05) is 6.92 Å². The molecule has 2 aromatic carbocycles. The second kappa shape index (κ2) is 7.38. The van der Waals surface area contributed by atoms with E-state index in [9.17, 15) is 12.8 Å². The van der Waals surface area contributed by atoms with Gasteiger partial charge in [0, 0.05) is 25.2 Å². The number of aromatic amines is 1. The Balaban J connectivity index is 1.67. The fourth-order valence-corrected chi connectivity index (χ4v) is 3.87. The number of fused-ring (bicyclic) bond motifs is 1. The Morgan fingerprint density at radius 2 is 1.97 bits per heavy atom. The molecule has 2 aromatic heterocycles. The maximum Gasteiger partial charge on any atom is 0.229 e. The zero-order valence-electron chi connectivity index (χ0n) is 16.5. The molecule has 0 saturated carbocycles. The Morgan fingerprint density at radius 3 is 2.73 bits per heavy atom. The monoisotopic (exact) mass is 426 g/mol. The number of benzene rings is 2. The van der Waals surface area contributed by atoms with Gasteiger partial charge in [0.15, 0.2) is 15.7 Å². The Morgan fingerprint density at radius 1 is 1.17 bits per heavy atom. The number of halogens is 1. The second-order valence-corrected chi connectivity index (χ2v) is 8.95. The largest absolute Gasteiger partial charge is 0.324 e. The van der Waals surface area contributed by atoms with Gasteiger partial charge in [-0.05, 0) is 48.9 Å². The summed E-state index contributed by atoms with van der Waals surface area (Å²) in [7, 11) is -1.63. The van der Waals surface area contributed by atoms with Gasteiger partial charge in [0.1, 0.15) is 11.6 Å². The summed E-state index contributed by atoms with van der Waals surface area (Å²) in [5, 5.41) is 10.4. The summed E-state index contributed by atoms with van der Waals surface area (Å²) in [4.78, 5) is 10.5. The first-order valence-electron chi connectivity index (χ1n) is 9.00. The second-order valence-electron chi connectivity index (χ2n) is 6.94. The van der Waals surface area contributed by atoms with E-state index in [2.05, 4.69) is 25.5 Å². The molecule has 0 fully saturated rings. The number of aryl methyl sites for hydroxylation is 1. The Labute approximate surface area is 172 Å². The molecule has 0 aliphatic carbocycles. The third-order valence-corrected chi connectivity index (χ3v) is 5.65. The van der Waals surface area contributed by atoms with Crippen LogP contribution in [0.3, 0.4) is 0 Å². The van der Waals surface area contributed by atoms with Gasteiger partial charge in [-0.3, -0.25) is 5.10 Å². The molecule has 8 nitrogen and oxygen atoms in total. The minimum Gasteiger partial charge on any atom is -0.324 e. The van der Waals surface area contributed by atoms with E-state index >= 15 is 0 Å². The van der Waals surface area contributed by atoms with Crippen LogP contribution in [0, 0.1) is 12.7 Å². The van der Waals surface area contributed by atoms with Crippen LogP contribution in [0.1, 0.15) is 5.56 Å². The standard InChI is InChI=1S/C20H19FN6O2S/c1-12-9-13(11-14(10-12)30(3,28)29)23-20-22-8-7-17(24-20)27(2)19-18-15(21)5-4-6-16(18)25-26-19/h4-11H,1-3H3,(H,25,26)(H,22,23,24). The highest BCUT2D eigenvalue weighted by Gasteiger charge is 2.17. The number of aromatic nitrogens is 4. The number of sulfone groups is 1. The molecule has 0 atom stereocenters. The van der Waals surface area contributed by atoms with Crippen molar-refractivity contribution < 1.29 is 12.8 Å². The van der Waals surface area contributed by atoms with Gasteiger partial charge in [-0.15, -0.1) is 0 Å². The predicted molar refractivity (Wildman–Crippen MR) is 114 cm³/mol. The van der Waals surface area contributed by atoms with Crippen molar-refractivity contribution >= 4 is 44.0 Å². The van der Waals surface area contributed by atoms with Crippen molar-refractivity contribution in [3.63, 3.8) is 0 Å². The Hall–Kier alpha value is -3.53. The first-order valence-corrected chi connectivity index (χ1v) is 10.9. The molecule has 0 saturated heterocycles. The molecule has 0 aliphatic heterocycles. The average Bonchev–Trinajstić information content (AvgIpc) is 3.12. The van der Waals surface area contributed by atoms with Gasteiger partial charge in [0.2, 0.25) is 5.95 Å². The topological polar surface area (TPSA) is 104 Å². The van der Waals surface area contributed by atoms with E-state index in [1.54, 1.807) is 48.5 Å². The zero-order chi connectivity index (χ0) is 21.5. The van der Waals surface area contributed by atoms with Gasteiger partial charge in [-0.2, -0.15) is 10.1 Å². The molecule has 0 amide bonds. The summed E-state index contributed by atoms with van der Waals surface area (Å²) in [6.45, 7) is 1.81.